The lowest BCUT2D eigenvalue weighted by atomic mass is 9.69. The number of ether oxygens (including phenoxy) is 1. The second kappa shape index (κ2) is 8.26. The van der Waals surface area contributed by atoms with Crippen LogP contribution in [0.5, 0.6) is 5.75 Å². The van der Waals surface area contributed by atoms with Crippen LogP contribution in [0.15, 0.2) is 54.6 Å². The van der Waals surface area contributed by atoms with E-state index in [1.54, 1.807) is 7.11 Å². The Balaban J connectivity index is 1.58. The first-order valence-corrected chi connectivity index (χ1v) is 10.3. The van der Waals surface area contributed by atoms with Gasteiger partial charge in [0.25, 0.3) is 0 Å². The molecule has 1 heterocycles. The van der Waals surface area contributed by atoms with Crippen LogP contribution in [0.4, 0.5) is 0 Å². The first-order chi connectivity index (χ1) is 12.8. The van der Waals surface area contributed by atoms with Crippen molar-refractivity contribution in [3.05, 3.63) is 65.7 Å². The van der Waals surface area contributed by atoms with E-state index < -0.39 is 0 Å². The summed E-state index contributed by atoms with van der Waals surface area (Å²) in [6.07, 6.45) is 8.15. The van der Waals surface area contributed by atoms with Gasteiger partial charge >= 0.3 is 0 Å². The molecule has 1 aliphatic heterocycles. The lowest BCUT2D eigenvalue weighted by Gasteiger charge is -2.48. The van der Waals surface area contributed by atoms with Gasteiger partial charge < -0.3 is 4.74 Å². The average Bonchev–Trinajstić information content (AvgIpc) is 2.72. The molecule has 138 valence electrons. The number of hydrogen-bond donors (Lipinski definition) is 0. The summed E-state index contributed by atoms with van der Waals surface area (Å²) in [6.45, 7) is 2.38. The van der Waals surface area contributed by atoms with Gasteiger partial charge in [0.15, 0.2) is 0 Å². The van der Waals surface area contributed by atoms with Crippen molar-refractivity contribution in [2.75, 3.05) is 20.2 Å². The van der Waals surface area contributed by atoms with E-state index in [4.69, 9.17) is 4.74 Å². The molecule has 0 spiro atoms. The number of benzene rings is 2. The summed E-state index contributed by atoms with van der Waals surface area (Å²) < 4.78 is 5.53. The van der Waals surface area contributed by atoms with Gasteiger partial charge in [-0.05, 0) is 60.9 Å². The van der Waals surface area contributed by atoms with Gasteiger partial charge in [0.1, 0.15) is 5.75 Å². The number of nitrogens with zero attached hydrogens (tertiary/aromatic N) is 1. The Kier molecular flexibility index (Phi) is 5.59. The molecule has 26 heavy (non-hydrogen) atoms. The Morgan fingerprint density at radius 3 is 2.65 bits per heavy atom. The molecule has 3 atom stereocenters. The molecule has 1 aliphatic carbocycles. The zero-order chi connectivity index (χ0) is 17.8. The standard InChI is InChI=1S/C24H31NO/c1-26-22-12-7-11-21(18-22)24-23-13-6-5-10-20(23)15-17-25(24)16-14-19-8-3-2-4-9-19/h2-4,7-9,11-12,18,20,23-24H,5-6,10,13-17H2,1H3. The largest absolute Gasteiger partial charge is 0.497 e. The number of piperidine rings is 1. The lowest BCUT2D eigenvalue weighted by Crippen LogP contribution is -2.45. The summed E-state index contributed by atoms with van der Waals surface area (Å²) >= 11 is 0. The highest BCUT2D eigenvalue weighted by molar-refractivity contribution is 5.31. The number of hydrogen-bond acceptors (Lipinski definition) is 2. The topological polar surface area (TPSA) is 12.5 Å². The maximum atomic E-state index is 5.53. The van der Waals surface area contributed by atoms with E-state index in [-0.39, 0.29) is 0 Å². The molecule has 1 saturated heterocycles. The number of rotatable bonds is 5. The second-order valence-electron chi connectivity index (χ2n) is 7.99. The predicted molar refractivity (Wildman–Crippen MR) is 108 cm³/mol. The summed E-state index contributed by atoms with van der Waals surface area (Å²) in [5, 5.41) is 0. The van der Waals surface area contributed by atoms with Crippen molar-refractivity contribution in [1.29, 1.82) is 0 Å². The van der Waals surface area contributed by atoms with Crippen LogP contribution >= 0.6 is 0 Å². The molecule has 2 fully saturated rings. The van der Waals surface area contributed by atoms with E-state index in [1.165, 1.54) is 49.8 Å². The second-order valence-corrected chi connectivity index (χ2v) is 7.99. The molecule has 0 radical (unpaired) electrons. The van der Waals surface area contributed by atoms with Crippen LogP contribution in [0.25, 0.3) is 0 Å². The molecule has 4 rings (SSSR count). The summed E-state index contributed by atoms with van der Waals surface area (Å²) in [5.41, 5.74) is 2.90. The molecule has 0 N–H and O–H groups in total. The molecule has 2 nitrogen and oxygen atoms in total. The van der Waals surface area contributed by atoms with Gasteiger partial charge in [-0.25, -0.2) is 0 Å². The molecule has 0 bridgehead atoms. The molecule has 0 aromatic heterocycles. The minimum atomic E-state index is 0.549. The first-order valence-electron chi connectivity index (χ1n) is 10.3. The molecule has 2 aromatic carbocycles. The van der Waals surface area contributed by atoms with Crippen LogP contribution in [-0.2, 0) is 6.42 Å². The highest BCUT2D eigenvalue weighted by Gasteiger charge is 2.39. The van der Waals surface area contributed by atoms with Gasteiger partial charge in [-0.1, -0.05) is 61.7 Å². The van der Waals surface area contributed by atoms with E-state index in [9.17, 15) is 0 Å². The third-order valence-electron chi connectivity index (χ3n) is 6.52. The molecule has 2 heteroatoms. The van der Waals surface area contributed by atoms with Crippen LogP contribution in [0.3, 0.4) is 0 Å². The number of likely N-dealkylation sites (tertiary alicyclic amines) is 1. The normalized spacial score (nSPS) is 26.3. The molecule has 2 aliphatic rings. The molecule has 3 unspecified atom stereocenters. The van der Waals surface area contributed by atoms with Crippen molar-refractivity contribution < 1.29 is 4.74 Å². The minimum absolute atomic E-state index is 0.549. The Labute approximate surface area is 158 Å². The highest BCUT2D eigenvalue weighted by atomic mass is 16.5. The molecule has 1 saturated carbocycles. The van der Waals surface area contributed by atoms with Gasteiger partial charge in [0, 0.05) is 12.6 Å². The summed E-state index contributed by atoms with van der Waals surface area (Å²) in [7, 11) is 1.77. The lowest BCUT2D eigenvalue weighted by molar-refractivity contribution is 0.0230. The van der Waals surface area contributed by atoms with E-state index in [1.807, 2.05) is 0 Å². The summed E-state index contributed by atoms with van der Waals surface area (Å²) in [4.78, 5) is 2.76. The van der Waals surface area contributed by atoms with Gasteiger partial charge in [0.2, 0.25) is 0 Å². The van der Waals surface area contributed by atoms with Crippen LogP contribution in [0.2, 0.25) is 0 Å². The third kappa shape index (κ3) is 3.81. The van der Waals surface area contributed by atoms with Gasteiger partial charge in [0.05, 0.1) is 7.11 Å². The SMILES string of the molecule is COc1cccc(C2C3CCCCC3CCN2CCc2ccccc2)c1. The monoisotopic (exact) mass is 349 g/mol. The van der Waals surface area contributed by atoms with E-state index in [0.29, 0.717) is 6.04 Å². The quantitative estimate of drug-likeness (QED) is 0.707. The van der Waals surface area contributed by atoms with Crippen molar-refractivity contribution in [3.8, 4) is 5.75 Å². The fourth-order valence-corrected chi connectivity index (χ4v) is 5.20. The van der Waals surface area contributed by atoms with E-state index in [0.717, 1.165) is 30.6 Å². The Morgan fingerprint density at radius 2 is 1.81 bits per heavy atom. The van der Waals surface area contributed by atoms with Crippen molar-refractivity contribution in [1.82, 2.24) is 4.90 Å². The minimum Gasteiger partial charge on any atom is -0.497 e. The smallest absolute Gasteiger partial charge is 0.119 e. The van der Waals surface area contributed by atoms with Crippen molar-refractivity contribution >= 4 is 0 Å². The van der Waals surface area contributed by atoms with Crippen molar-refractivity contribution in [2.45, 2.75) is 44.6 Å². The van der Waals surface area contributed by atoms with E-state index in [2.05, 4.69) is 59.5 Å². The van der Waals surface area contributed by atoms with Crippen LogP contribution in [0.1, 0.15) is 49.3 Å². The van der Waals surface area contributed by atoms with Gasteiger partial charge in [-0.15, -0.1) is 0 Å². The number of methoxy groups -OCH3 is 1. The van der Waals surface area contributed by atoms with Crippen molar-refractivity contribution in [2.24, 2.45) is 11.8 Å². The van der Waals surface area contributed by atoms with E-state index >= 15 is 0 Å². The zero-order valence-electron chi connectivity index (χ0n) is 15.9. The molecule has 2 aromatic rings. The fraction of sp³-hybridized carbons (Fsp3) is 0.500. The Bertz CT molecular complexity index is 698. The van der Waals surface area contributed by atoms with Crippen molar-refractivity contribution in [3.63, 3.8) is 0 Å². The predicted octanol–water partition coefficient (Wildman–Crippen LogP) is 5.49. The van der Waals surface area contributed by atoms with Gasteiger partial charge in [-0.3, -0.25) is 4.90 Å². The van der Waals surface area contributed by atoms with Crippen LogP contribution < -0.4 is 4.74 Å². The van der Waals surface area contributed by atoms with Gasteiger partial charge in [-0.2, -0.15) is 0 Å². The zero-order valence-corrected chi connectivity index (χ0v) is 15.9. The highest BCUT2D eigenvalue weighted by Crippen LogP contribution is 2.47. The number of fused-ring (bicyclic) bond motifs is 1. The maximum Gasteiger partial charge on any atom is 0.119 e. The molecule has 0 amide bonds. The molecular formula is C24H31NO. The van der Waals surface area contributed by atoms with Crippen LogP contribution in [-0.4, -0.2) is 25.1 Å². The average molecular weight is 350 g/mol. The Hall–Kier alpha value is -1.80. The third-order valence-corrected chi connectivity index (χ3v) is 6.52. The summed E-state index contributed by atoms with van der Waals surface area (Å²) in [6, 6.07) is 20.3. The van der Waals surface area contributed by atoms with Crippen LogP contribution in [0, 0.1) is 11.8 Å². The maximum absolute atomic E-state index is 5.53. The molecular weight excluding hydrogens is 318 g/mol. The fourth-order valence-electron chi connectivity index (χ4n) is 5.20. The first kappa shape index (κ1) is 17.6. The Morgan fingerprint density at radius 1 is 0.962 bits per heavy atom. The summed E-state index contributed by atoms with van der Waals surface area (Å²) in [5.74, 6) is 2.71.